The molecular weight excluding hydrogens is 489 g/mol. The molecule has 4 aromatic rings. The van der Waals surface area contributed by atoms with Gasteiger partial charge in [-0.3, -0.25) is 19.4 Å². The van der Waals surface area contributed by atoms with Crippen LogP contribution in [0.3, 0.4) is 0 Å². The number of anilines is 1. The molecule has 2 aromatic heterocycles. The van der Waals surface area contributed by atoms with Gasteiger partial charge < -0.3 is 19.9 Å². The van der Waals surface area contributed by atoms with E-state index in [4.69, 9.17) is 14.6 Å². The van der Waals surface area contributed by atoms with E-state index in [1.807, 2.05) is 6.07 Å². The SMILES string of the molecule is NC(=O)c1oc2c(F)cc(F)cc2c1NC(=O)c1ccc(CN2CCN(Cc3cccc(F)c3)CC2)o1. The summed E-state index contributed by atoms with van der Waals surface area (Å²) in [7, 11) is 0. The van der Waals surface area contributed by atoms with Crippen molar-refractivity contribution in [3.05, 3.63) is 88.8 Å². The molecule has 0 bridgehead atoms. The highest BCUT2D eigenvalue weighted by Crippen LogP contribution is 2.33. The van der Waals surface area contributed by atoms with Gasteiger partial charge >= 0.3 is 0 Å². The average molecular weight is 512 g/mol. The van der Waals surface area contributed by atoms with Gasteiger partial charge in [0.1, 0.15) is 23.1 Å². The van der Waals surface area contributed by atoms with Crippen LogP contribution in [0.15, 0.2) is 57.4 Å². The molecule has 0 radical (unpaired) electrons. The lowest BCUT2D eigenvalue weighted by Gasteiger charge is -2.34. The smallest absolute Gasteiger partial charge is 0.291 e. The highest BCUT2D eigenvalue weighted by atomic mass is 19.1. The molecule has 5 rings (SSSR count). The first kappa shape index (κ1) is 24.6. The number of primary amides is 1. The third-order valence-electron chi connectivity index (χ3n) is 6.20. The number of piperazine rings is 1. The molecule has 0 unspecified atom stereocenters. The van der Waals surface area contributed by atoms with Gasteiger partial charge in [0.2, 0.25) is 5.76 Å². The summed E-state index contributed by atoms with van der Waals surface area (Å²) in [5, 5.41) is 2.29. The number of carbonyl (C=O) groups is 2. The van der Waals surface area contributed by atoms with Crippen LogP contribution in [0.5, 0.6) is 0 Å². The van der Waals surface area contributed by atoms with Gasteiger partial charge in [-0.15, -0.1) is 0 Å². The Labute approximate surface area is 209 Å². The Hall–Kier alpha value is -4.09. The molecule has 2 amide bonds. The van der Waals surface area contributed by atoms with E-state index in [9.17, 15) is 22.8 Å². The number of halogens is 3. The van der Waals surface area contributed by atoms with Gasteiger partial charge in [0.15, 0.2) is 17.2 Å². The summed E-state index contributed by atoms with van der Waals surface area (Å²) < 4.78 is 52.1. The minimum absolute atomic E-state index is 0.0543. The van der Waals surface area contributed by atoms with E-state index in [0.29, 0.717) is 24.9 Å². The molecule has 1 aliphatic heterocycles. The second-order valence-electron chi connectivity index (χ2n) is 8.84. The number of amides is 2. The van der Waals surface area contributed by atoms with Crippen molar-refractivity contribution in [1.29, 1.82) is 0 Å². The number of hydrogen-bond acceptors (Lipinski definition) is 6. The average Bonchev–Trinajstić information content (AvgIpc) is 3.46. The molecule has 11 heteroatoms. The van der Waals surface area contributed by atoms with Crippen LogP contribution in [-0.2, 0) is 13.1 Å². The lowest BCUT2D eigenvalue weighted by Crippen LogP contribution is -2.45. The molecule has 2 aromatic carbocycles. The van der Waals surface area contributed by atoms with E-state index >= 15 is 0 Å². The monoisotopic (exact) mass is 512 g/mol. The lowest BCUT2D eigenvalue weighted by atomic mass is 10.2. The van der Waals surface area contributed by atoms with Crippen molar-refractivity contribution in [3.8, 4) is 0 Å². The standard InChI is InChI=1S/C26H23F3N4O4/c27-16-3-1-2-15(10-16)13-32-6-8-33(9-7-32)14-18-4-5-21(36-18)26(35)31-22-19-11-17(28)12-20(29)23(19)37-24(22)25(30)34/h1-5,10-12H,6-9,13-14H2,(H2,30,34)(H,31,35). The minimum Gasteiger partial charge on any atom is -0.455 e. The Morgan fingerprint density at radius 1 is 0.892 bits per heavy atom. The van der Waals surface area contributed by atoms with Crippen LogP contribution >= 0.6 is 0 Å². The van der Waals surface area contributed by atoms with Gasteiger partial charge in [0.05, 0.1) is 11.9 Å². The minimum atomic E-state index is -1.05. The molecule has 0 atom stereocenters. The molecule has 1 aliphatic rings. The first-order valence-electron chi connectivity index (χ1n) is 11.6. The second-order valence-corrected chi connectivity index (χ2v) is 8.84. The largest absolute Gasteiger partial charge is 0.455 e. The fourth-order valence-electron chi connectivity index (χ4n) is 4.40. The van der Waals surface area contributed by atoms with Crippen LogP contribution < -0.4 is 11.1 Å². The number of nitrogens with zero attached hydrogens (tertiary/aromatic N) is 2. The predicted molar refractivity (Wildman–Crippen MR) is 128 cm³/mol. The van der Waals surface area contributed by atoms with Gasteiger partial charge in [0.25, 0.3) is 11.8 Å². The van der Waals surface area contributed by atoms with Crippen molar-refractivity contribution in [1.82, 2.24) is 9.80 Å². The van der Waals surface area contributed by atoms with Crippen LogP contribution in [0.25, 0.3) is 11.0 Å². The van der Waals surface area contributed by atoms with Gasteiger partial charge in [-0.1, -0.05) is 12.1 Å². The zero-order valence-corrected chi connectivity index (χ0v) is 19.6. The molecule has 3 heterocycles. The fourth-order valence-corrected chi connectivity index (χ4v) is 4.40. The third kappa shape index (κ3) is 5.37. The molecule has 3 N–H and O–H groups in total. The second kappa shape index (κ2) is 10.1. The number of carbonyl (C=O) groups excluding carboxylic acids is 2. The molecule has 192 valence electrons. The molecule has 0 spiro atoms. The van der Waals surface area contributed by atoms with Crippen molar-refractivity contribution in [2.75, 3.05) is 31.5 Å². The Bertz CT molecular complexity index is 1470. The van der Waals surface area contributed by atoms with E-state index in [1.165, 1.54) is 18.2 Å². The highest BCUT2D eigenvalue weighted by molar-refractivity contribution is 6.13. The van der Waals surface area contributed by atoms with Crippen molar-refractivity contribution in [2.24, 2.45) is 5.73 Å². The van der Waals surface area contributed by atoms with Crippen molar-refractivity contribution < 1.29 is 31.6 Å². The number of hydrogen-bond donors (Lipinski definition) is 2. The Kier molecular flexibility index (Phi) is 6.72. The first-order valence-corrected chi connectivity index (χ1v) is 11.6. The molecule has 0 saturated carbocycles. The lowest BCUT2D eigenvalue weighted by molar-refractivity contribution is 0.0976. The molecule has 37 heavy (non-hydrogen) atoms. The van der Waals surface area contributed by atoms with Crippen LogP contribution in [0.2, 0.25) is 0 Å². The molecule has 0 aliphatic carbocycles. The quantitative estimate of drug-likeness (QED) is 0.386. The Morgan fingerprint density at radius 2 is 1.62 bits per heavy atom. The van der Waals surface area contributed by atoms with Crippen LogP contribution in [0, 0.1) is 17.5 Å². The Balaban J connectivity index is 1.22. The summed E-state index contributed by atoms with van der Waals surface area (Å²) in [6.45, 7) is 4.25. The van der Waals surface area contributed by atoms with Crippen LogP contribution in [0.4, 0.5) is 18.9 Å². The first-order chi connectivity index (χ1) is 17.8. The van der Waals surface area contributed by atoms with Gasteiger partial charge in [0, 0.05) is 38.8 Å². The third-order valence-corrected chi connectivity index (χ3v) is 6.20. The number of nitrogens with two attached hydrogens (primary N) is 1. The zero-order valence-electron chi connectivity index (χ0n) is 19.6. The predicted octanol–water partition coefficient (Wildman–Crippen LogP) is 4.11. The summed E-state index contributed by atoms with van der Waals surface area (Å²) in [6.07, 6.45) is 0. The molecule has 1 saturated heterocycles. The number of benzene rings is 2. The highest BCUT2D eigenvalue weighted by Gasteiger charge is 2.25. The number of furan rings is 2. The maximum Gasteiger partial charge on any atom is 0.291 e. The van der Waals surface area contributed by atoms with Gasteiger partial charge in [-0.2, -0.15) is 0 Å². The van der Waals surface area contributed by atoms with E-state index in [-0.39, 0.29) is 22.7 Å². The van der Waals surface area contributed by atoms with E-state index in [1.54, 1.807) is 12.1 Å². The maximum atomic E-state index is 14.1. The summed E-state index contributed by atoms with van der Waals surface area (Å²) in [5.41, 5.74) is 5.58. The van der Waals surface area contributed by atoms with Crippen molar-refractivity contribution in [3.63, 3.8) is 0 Å². The molecule has 8 nitrogen and oxygen atoms in total. The van der Waals surface area contributed by atoms with E-state index in [0.717, 1.165) is 37.8 Å². The topological polar surface area (TPSA) is 105 Å². The van der Waals surface area contributed by atoms with E-state index in [2.05, 4.69) is 15.1 Å². The van der Waals surface area contributed by atoms with Gasteiger partial charge in [-0.25, -0.2) is 13.2 Å². The molecular formula is C26H23F3N4O4. The fraction of sp³-hybridized carbons (Fsp3) is 0.231. The summed E-state index contributed by atoms with van der Waals surface area (Å²) in [4.78, 5) is 29.0. The number of nitrogens with one attached hydrogen (secondary N) is 1. The normalized spacial score (nSPS) is 14.8. The number of fused-ring (bicyclic) bond motifs is 1. The van der Waals surface area contributed by atoms with Crippen molar-refractivity contribution in [2.45, 2.75) is 13.1 Å². The number of rotatable bonds is 7. The maximum absolute atomic E-state index is 14.1. The van der Waals surface area contributed by atoms with Gasteiger partial charge in [-0.05, 0) is 35.9 Å². The summed E-state index contributed by atoms with van der Waals surface area (Å²) in [5.74, 6) is -3.99. The molecule has 1 fully saturated rings. The zero-order chi connectivity index (χ0) is 26.1. The van der Waals surface area contributed by atoms with Crippen LogP contribution in [0.1, 0.15) is 32.4 Å². The summed E-state index contributed by atoms with van der Waals surface area (Å²) in [6, 6.07) is 11.2. The van der Waals surface area contributed by atoms with E-state index < -0.39 is 34.8 Å². The van der Waals surface area contributed by atoms with Crippen molar-refractivity contribution >= 4 is 28.5 Å². The summed E-state index contributed by atoms with van der Waals surface area (Å²) >= 11 is 0. The Morgan fingerprint density at radius 3 is 2.32 bits per heavy atom. The van der Waals surface area contributed by atoms with Crippen LogP contribution in [-0.4, -0.2) is 47.8 Å².